The number of pyridine rings is 1. The third-order valence-corrected chi connectivity index (χ3v) is 10.5. The SMILES string of the molecule is C#Cc1c(F)ccc2c(-c3ncc4c(N5[C@H]6CC[C@@H]5[C@@H](F)[C@H](N)C6)nc(OC[C@@]56CCCN5C[C@H](F)C6)nc4c3F)c(O)ccc12. The second-order valence-corrected chi connectivity index (χ2v) is 13.0. The number of benzene rings is 2. The summed E-state index contributed by atoms with van der Waals surface area (Å²) < 4.78 is 67.4. The Kier molecular flexibility index (Phi) is 6.78. The van der Waals surface area contributed by atoms with Crippen LogP contribution in [-0.2, 0) is 0 Å². The van der Waals surface area contributed by atoms with E-state index in [-0.39, 0.29) is 58.0 Å². The van der Waals surface area contributed by atoms with Gasteiger partial charge in [0.2, 0.25) is 0 Å². The van der Waals surface area contributed by atoms with Gasteiger partial charge >= 0.3 is 6.01 Å². The maximum absolute atomic E-state index is 16.8. The minimum absolute atomic E-state index is 0.0179. The molecule has 0 spiro atoms. The van der Waals surface area contributed by atoms with E-state index >= 15 is 8.78 Å². The van der Waals surface area contributed by atoms with E-state index in [4.69, 9.17) is 21.9 Å². The van der Waals surface area contributed by atoms with Crippen LogP contribution >= 0.6 is 0 Å². The van der Waals surface area contributed by atoms with Gasteiger partial charge in [-0.25, -0.2) is 17.6 Å². The van der Waals surface area contributed by atoms with Crippen LogP contribution in [0.2, 0.25) is 0 Å². The van der Waals surface area contributed by atoms with Crippen molar-refractivity contribution in [2.24, 2.45) is 5.73 Å². The lowest BCUT2D eigenvalue weighted by Gasteiger charge is -2.41. The summed E-state index contributed by atoms with van der Waals surface area (Å²) in [5.74, 6) is 0.831. The molecule has 6 atom stereocenters. The number of fused-ring (bicyclic) bond motifs is 5. The van der Waals surface area contributed by atoms with E-state index in [1.807, 2.05) is 4.90 Å². The first-order valence-electron chi connectivity index (χ1n) is 15.7. The second-order valence-electron chi connectivity index (χ2n) is 13.0. The van der Waals surface area contributed by atoms with Gasteiger partial charge < -0.3 is 20.5 Å². The zero-order valence-electron chi connectivity index (χ0n) is 24.9. The molecule has 12 heteroatoms. The number of nitrogens with zero attached hydrogens (tertiary/aromatic N) is 5. The van der Waals surface area contributed by atoms with E-state index in [0.717, 1.165) is 25.5 Å². The van der Waals surface area contributed by atoms with Crippen molar-refractivity contribution in [2.45, 2.75) is 74.5 Å². The number of hydrogen-bond acceptors (Lipinski definition) is 8. The molecule has 0 amide bonds. The van der Waals surface area contributed by atoms with Gasteiger partial charge in [-0.2, -0.15) is 9.97 Å². The number of ether oxygens (including phenoxy) is 1. The number of aromatic hydroxyl groups is 1. The summed E-state index contributed by atoms with van der Waals surface area (Å²) in [7, 11) is 0. The zero-order valence-corrected chi connectivity index (χ0v) is 24.9. The highest BCUT2D eigenvalue weighted by Gasteiger charge is 2.50. The van der Waals surface area contributed by atoms with Crippen molar-refractivity contribution < 1.29 is 27.4 Å². The van der Waals surface area contributed by atoms with Crippen molar-refractivity contribution in [3.8, 4) is 35.4 Å². The molecule has 0 aliphatic carbocycles. The molecule has 0 saturated carbocycles. The van der Waals surface area contributed by atoms with E-state index in [2.05, 4.69) is 20.8 Å². The third kappa shape index (κ3) is 4.32. The third-order valence-electron chi connectivity index (χ3n) is 10.5. The number of halogens is 4. The maximum Gasteiger partial charge on any atom is 0.319 e. The maximum atomic E-state index is 16.8. The molecule has 6 heterocycles. The molecule has 8 rings (SSSR count). The fourth-order valence-corrected chi connectivity index (χ4v) is 8.38. The summed E-state index contributed by atoms with van der Waals surface area (Å²) >= 11 is 0. The number of rotatable bonds is 5. The van der Waals surface area contributed by atoms with Crippen LogP contribution in [0.5, 0.6) is 11.8 Å². The Morgan fingerprint density at radius 3 is 2.76 bits per heavy atom. The van der Waals surface area contributed by atoms with E-state index in [1.165, 1.54) is 24.4 Å². The van der Waals surface area contributed by atoms with Crippen molar-refractivity contribution in [2.75, 3.05) is 24.6 Å². The first-order chi connectivity index (χ1) is 22.2. The molecule has 2 aromatic carbocycles. The minimum atomic E-state index is -1.31. The van der Waals surface area contributed by atoms with Gasteiger partial charge in [-0.1, -0.05) is 12.0 Å². The number of phenols is 1. The van der Waals surface area contributed by atoms with Gasteiger partial charge in [-0.05, 0) is 62.2 Å². The molecule has 4 aromatic rings. The highest BCUT2D eigenvalue weighted by Crippen LogP contribution is 2.45. The Labute approximate surface area is 262 Å². The number of phenolic OH excluding ortho intramolecular Hbond substituents is 1. The van der Waals surface area contributed by atoms with Crippen molar-refractivity contribution in [3.63, 3.8) is 0 Å². The molecular weight excluding hydrogens is 600 g/mol. The molecule has 8 nitrogen and oxygen atoms in total. The van der Waals surface area contributed by atoms with Crippen molar-refractivity contribution in [1.82, 2.24) is 19.9 Å². The van der Waals surface area contributed by atoms with Crippen molar-refractivity contribution in [3.05, 3.63) is 47.7 Å². The Morgan fingerprint density at radius 2 is 1.93 bits per heavy atom. The number of terminal acetylenes is 1. The van der Waals surface area contributed by atoms with Gasteiger partial charge in [0.05, 0.1) is 28.1 Å². The highest BCUT2D eigenvalue weighted by molar-refractivity contribution is 6.03. The van der Waals surface area contributed by atoms with Gasteiger partial charge in [-0.3, -0.25) is 9.88 Å². The molecule has 0 radical (unpaired) electrons. The molecule has 46 heavy (non-hydrogen) atoms. The Balaban J connectivity index is 1.29. The van der Waals surface area contributed by atoms with Crippen LogP contribution in [0.3, 0.4) is 0 Å². The van der Waals surface area contributed by atoms with Crippen LogP contribution in [0.15, 0.2) is 30.5 Å². The quantitative estimate of drug-likeness (QED) is 0.230. The normalized spacial score (nSPS) is 29.0. The van der Waals surface area contributed by atoms with Gasteiger partial charge in [0, 0.05) is 36.6 Å². The summed E-state index contributed by atoms with van der Waals surface area (Å²) in [6.45, 7) is 1.23. The number of alkyl halides is 2. The summed E-state index contributed by atoms with van der Waals surface area (Å²) in [5, 5.41) is 11.8. The van der Waals surface area contributed by atoms with Crippen molar-refractivity contribution in [1.29, 1.82) is 0 Å². The average molecular weight is 633 g/mol. The monoisotopic (exact) mass is 632 g/mol. The van der Waals surface area contributed by atoms with Crippen LogP contribution in [0.1, 0.15) is 44.1 Å². The topological polar surface area (TPSA) is 101 Å². The van der Waals surface area contributed by atoms with Crippen molar-refractivity contribution >= 4 is 27.5 Å². The van der Waals surface area contributed by atoms with Crippen LogP contribution in [0, 0.1) is 24.0 Å². The fraction of sp³-hybridized carbons (Fsp3) is 0.441. The molecule has 4 aliphatic heterocycles. The first kappa shape index (κ1) is 29.2. The molecule has 2 aromatic heterocycles. The largest absolute Gasteiger partial charge is 0.507 e. The molecule has 2 bridgehead atoms. The molecule has 3 N–H and O–H groups in total. The number of nitrogens with two attached hydrogens (primary N) is 1. The predicted molar refractivity (Wildman–Crippen MR) is 165 cm³/mol. The minimum Gasteiger partial charge on any atom is -0.507 e. The molecule has 4 aliphatic rings. The zero-order chi connectivity index (χ0) is 31.9. The van der Waals surface area contributed by atoms with Gasteiger partial charge in [-0.15, -0.1) is 6.42 Å². The molecule has 238 valence electrons. The van der Waals surface area contributed by atoms with Gasteiger partial charge in [0.1, 0.15) is 47.5 Å². The Bertz CT molecular complexity index is 1940. The lowest BCUT2D eigenvalue weighted by molar-refractivity contribution is 0.107. The first-order valence-corrected chi connectivity index (χ1v) is 15.7. The van der Waals surface area contributed by atoms with Crippen LogP contribution in [0.25, 0.3) is 32.9 Å². The number of aromatic nitrogens is 3. The summed E-state index contributed by atoms with van der Waals surface area (Å²) in [6, 6.07) is 3.93. The van der Waals surface area contributed by atoms with E-state index in [0.29, 0.717) is 43.0 Å². The Morgan fingerprint density at radius 1 is 1.11 bits per heavy atom. The van der Waals surface area contributed by atoms with E-state index < -0.39 is 41.6 Å². The number of anilines is 1. The smallest absolute Gasteiger partial charge is 0.319 e. The van der Waals surface area contributed by atoms with Gasteiger partial charge in [0.25, 0.3) is 0 Å². The summed E-state index contributed by atoms with van der Waals surface area (Å²) in [6.07, 6.45) is 8.36. The lowest BCUT2D eigenvalue weighted by Crippen LogP contribution is -2.56. The molecule has 0 unspecified atom stereocenters. The number of hydrogen-bond donors (Lipinski definition) is 2. The van der Waals surface area contributed by atoms with Crippen LogP contribution in [0.4, 0.5) is 23.4 Å². The summed E-state index contributed by atoms with van der Waals surface area (Å²) in [5.41, 5.74) is 5.25. The number of piperidine rings is 1. The summed E-state index contributed by atoms with van der Waals surface area (Å²) in [4.78, 5) is 17.6. The fourth-order valence-electron chi connectivity index (χ4n) is 8.38. The Hall–Kier alpha value is -4.21. The molecular formula is C34H32F4N6O2. The molecule has 4 fully saturated rings. The van der Waals surface area contributed by atoms with Gasteiger partial charge in [0.15, 0.2) is 5.82 Å². The van der Waals surface area contributed by atoms with E-state index in [9.17, 15) is 13.9 Å². The van der Waals surface area contributed by atoms with Crippen LogP contribution < -0.4 is 15.4 Å². The second kappa shape index (κ2) is 10.7. The standard InChI is InChI=1S/C34H32F4N6O2/c1-2-19-20-6-9-26(45)27(21(20)5-7-23(19)36)31-29(38)30-22(14-40-31)32(44-18-4-8-25(44)28(37)24(39)12-18)42-33(41-30)46-16-34-10-3-11-43(34)15-17(35)13-34/h1,5-7,9,14,17-18,24-25,28,45H,3-4,8,10-13,15-16,39H2/t17-,18+,24-,25-,28+,34+/m1/s1. The average Bonchev–Trinajstić information content (AvgIpc) is 3.69. The lowest BCUT2D eigenvalue weighted by atomic mass is 9.95. The predicted octanol–water partition coefficient (Wildman–Crippen LogP) is 5.17. The highest BCUT2D eigenvalue weighted by atomic mass is 19.1. The molecule has 4 saturated heterocycles. The van der Waals surface area contributed by atoms with E-state index in [1.54, 1.807) is 0 Å². The van der Waals surface area contributed by atoms with Crippen LogP contribution in [-0.4, -0.2) is 80.7 Å².